The van der Waals surface area contributed by atoms with Crippen LogP contribution in [0.15, 0.2) is 22.7 Å². The molecule has 1 amide bonds. The Balaban J connectivity index is 1.74. The van der Waals surface area contributed by atoms with E-state index in [-0.39, 0.29) is 5.91 Å². The van der Waals surface area contributed by atoms with E-state index in [1.165, 1.54) is 0 Å². The lowest BCUT2D eigenvalue weighted by molar-refractivity contribution is 0.0764. The van der Waals surface area contributed by atoms with E-state index in [9.17, 15) is 4.79 Å². The topological polar surface area (TPSA) is 62.5 Å². The lowest BCUT2D eigenvalue weighted by Crippen LogP contribution is -2.35. The fourth-order valence-corrected chi connectivity index (χ4v) is 3.08. The van der Waals surface area contributed by atoms with Crippen molar-refractivity contribution in [1.29, 1.82) is 0 Å². The Morgan fingerprint density at radius 2 is 1.96 bits per heavy atom. The third-order valence-electron chi connectivity index (χ3n) is 4.44. The van der Waals surface area contributed by atoms with Gasteiger partial charge in [0.1, 0.15) is 11.5 Å². The van der Waals surface area contributed by atoms with Gasteiger partial charge in [0.15, 0.2) is 5.82 Å². The summed E-state index contributed by atoms with van der Waals surface area (Å²) in [6.07, 6.45) is 2.58. The summed E-state index contributed by atoms with van der Waals surface area (Å²) in [7, 11) is 0. The summed E-state index contributed by atoms with van der Waals surface area (Å²) in [4.78, 5) is 17.0. The maximum atomic E-state index is 12.9. The fraction of sp³-hybridized carbons (Fsp3) is 0.471. The number of hydrogen-bond donors (Lipinski definition) is 0. The van der Waals surface area contributed by atoms with E-state index in [1.807, 2.05) is 37.8 Å². The Kier molecular flexibility index (Phi) is 4.32. The smallest absolute Gasteiger partial charge is 0.257 e. The number of aromatic nitrogens is 2. The Bertz CT molecular complexity index is 696. The molecule has 23 heavy (non-hydrogen) atoms. The number of carbonyl (C=O) groups is 1. The van der Waals surface area contributed by atoms with Crippen LogP contribution in [0.1, 0.15) is 33.9 Å². The van der Waals surface area contributed by atoms with Gasteiger partial charge in [-0.05, 0) is 39.3 Å². The number of anilines is 1. The van der Waals surface area contributed by atoms with Crippen LogP contribution in [0.4, 0.5) is 5.82 Å². The molecule has 1 aliphatic heterocycles. The Morgan fingerprint density at radius 3 is 2.61 bits per heavy atom. The van der Waals surface area contributed by atoms with Crippen molar-refractivity contribution < 1.29 is 9.21 Å². The Labute approximate surface area is 136 Å². The number of aryl methyl sites for hydroxylation is 2. The maximum absolute atomic E-state index is 12.9. The minimum atomic E-state index is 0.0674. The Hall–Kier alpha value is -2.37. The molecular weight excluding hydrogens is 292 g/mol. The van der Waals surface area contributed by atoms with Crippen LogP contribution in [0, 0.1) is 20.8 Å². The van der Waals surface area contributed by atoms with E-state index in [4.69, 9.17) is 4.42 Å². The minimum absolute atomic E-state index is 0.0674. The summed E-state index contributed by atoms with van der Waals surface area (Å²) in [6, 6.07) is 3.84. The largest absolute Gasteiger partial charge is 0.466 e. The molecule has 122 valence electrons. The molecule has 0 bridgehead atoms. The molecule has 1 saturated heterocycles. The van der Waals surface area contributed by atoms with E-state index < -0.39 is 0 Å². The molecule has 0 aliphatic carbocycles. The molecule has 0 atom stereocenters. The second-order valence-corrected chi connectivity index (χ2v) is 5.93. The molecule has 0 saturated carbocycles. The highest BCUT2D eigenvalue weighted by atomic mass is 16.3. The normalized spacial score (nSPS) is 15.6. The first-order valence-corrected chi connectivity index (χ1v) is 7.96. The molecule has 1 fully saturated rings. The van der Waals surface area contributed by atoms with Gasteiger partial charge in [0.25, 0.3) is 5.91 Å². The number of hydrogen-bond acceptors (Lipinski definition) is 5. The van der Waals surface area contributed by atoms with E-state index in [1.54, 1.807) is 6.20 Å². The highest BCUT2D eigenvalue weighted by Gasteiger charge is 2.26. The number of nitrogens with zero attached hydrogens (tertiary/aromatic N) is 4. The van der Waals surface area contributed by atoms with Crippen LogP contribution in [0.3, 0.4) is 0 Å². The van der Waals surface area contributed by atoms with Crippen molar-refractivity contribution in [2.45, 2.75) is 27.2 Å². The number of carbonyl (C=O) groups excluding carboxylic acids is 1. The molecule has 0 radical (unpaired) electrons. The molecule has 0 N–H and O–H groups in total. The average molecular weight is 314 g/mol. The van der Waals surface area contributed by atoms with Crippen molar-refractivity contribution in [2.24, 2.45) is 0 Å². The monoisotopic (exact) mass is 314 g/mol. The standard InChI is InChI=1S/C17H22N4O2/c1-12-13(2)23-14(3)16(12)17(22)21-9-5-8-20(10-11-21)15-6-4-7-18-19-15/h4,6-7H,5,8-11H2,1-3H3. The molecule has 0 unspecified atom stereocenters. The molecule has 1 aliphatic rings. The molecule has 2 aromatic rings. The molecule has 6 heteroatoms. The maximum Gasteiger partial charge on any atom is 0.257 e. The SMILES string of the molecule is Cc1oc(C)c(C(=O)N2CCCN(c3cccnn3)CC2)c1C. The van der Waals surface area contributed by atoms with Gasteiger partial charge in [0.05, 0.1) is 5.56 Å². The first-order chi connectivity index (χ1) is 11.1. The molecule has 0 aromatic carbocycles. The first kappa shape index (κ1) is 15.5. The minimum Gasteiger partial charge on any atom is -0.466 e. The van der Waals surface area contributed by atoms with Crippen molar-refractivity contribution in [2.75, 3.05) is 31.1 Å². The molecule has 3 heterocycles. The van der Waals surface area contributed by atoms with Crippen molar-refractivity contribution >= 4 is 11.7 Å². The number of rotatable bonds is 2. The van der Waals surface area contributed by atoms with Gasteiger partial charge in [-0.15, -0.1) is 5.10 Å². The van der Waals surface area contributed by atoms with E-state index in [0.29, 0.717) is 12.3 Å². The highest BCUT2D eigenvalue weighted by Crippen LogP contribution is 2.23. The molecule has 3 rings (SSSR count). The summed E-state index contributed by atoms with van der Waals surface area (Å²) < 4.78 is 5.60. The van der Waals surface area contributed by atoms with Gasteiger partial charge in [-0.2, -0.15) is 5.10 Å². The summed E-state index contributed by atoms with van der Waals surface area (Å²) in [5, 5.41) is 8.09. The molecule has 6 nitrogen and oxygen atoms in total. The zero-order chi connectivity index (χ0) is 16.4. The van der Waals surface area contributed by atoms with Crippen LogP contribution < -0.4 is 4.90 Å². The number of amides is 1. The van der Waals surface area contributed by atoms with Gasteiger partial charge in [-0.1, -0.05) is 0 Å². The van der Waals surface area contributed by atoms with Crippen LogP contribution in [-0.4, -0.2) is 47.2 Å². The van der Waals surface area contributed by atoms with E-state index >= 15 is 0 Å². The van der Waals surface area contributed by atoms with Crippen molar-refractivity contribution in [3.8, 4) is 0 Å². The van der Waals surface area contributed by atoms with Crippen molar-refractivity contribution in [3.63, 3.8) is 0 Å². The second kappa shape index (κ2) is 6.40. The van der Waals surface area contributed by atoms with Crippen molar-refractivity contribution in [3.05, 3.63) is 41.0 Å². The van der Waals surface area contributed by atoms with Gasteiger partial charge in [0, 0.05) is 37.9 Å². The molecule has 2 aromatic heterocycles. The zero-order valence-electron chi connectivity index (χ0n) is 13.9. The lowest BCUT2D eigenvalue weighted by atomic mass is 10.1. The van der Waals surface area contributed by atoms with Crippen LogP contribution in [0.25, 0.3) is 0 Å². The first-order valence-electron chi connectivity index (χ1n) is 7.96. The fourth-order valence-electron chi connectivity index (χ4n) is 3.08. The Morgan fingerprint density at radius 1 is 1.13 bits per heavy atom. The third-order valence-corrected chi connectivity index (χ3v) is 4.44. The lowest BCUT2D eigenvalue weighted by Gasteiger charge is -2.22. The predicted octanol–water partition coefficient (Wildman–Crippen LogP) is 2.35. The zero-order valence-corrected chi connectivity index (χ0v) is 13.9. The van der Waals surface area contributed by atoms with E-state index in [2.05, 4.69) is 15.1 Å². The van der Waals surface area contributed by atoms with E-state index in [0.717, 1.165) is 48.8 Å². The van der Waals surface area contributed by atoms with Crippen molar-refractivity contribution in [1.82, 2.24) is 15.1 Å². The van der Waals surface area contributed by atoms with Gasteiger partial charge in [-0.3, -0.25) is 4.79 Å². The van der Waals surface area contributed by atoms with Crippen LogP contribution >= 0.6 is 0 Å². The second-order valence-electron chi connectivity index (χ2n) is 5.93. The van der Waals surface area contributed by atoms with Crippen LogP contribution in [0.5, 0.6) is 0 Å². The third kappa shape index (κ3) is 3.06. The average Bonchev–Trinajstić information content (AvgIpc) is 2.75. The number of furan rings is 1. The van der Waals surface area contributed by atoms with Gasteiger partial charge >= 0.3 is 0 Å². The van der Waals surface area contributed by atoms with Crippen LogP contribution in [0.2, 0.25) is 0 Å². The van der Waals surface area contributed by atoms with Gasteiger partial charge in [-0.25, -0.2) is 0 Å². The summed E-state index contributed by atoms with van der Waals surface area (Å²) in [5.41, 5.74) is 1.66. The highest BCUT2D eigenvalue weighted by molar-refractivity contribution is 5.97. The summed E-state index contributed by atoms with van der Waals surface area (Å²) >= 11 is 0. The van der Waals surface area contributed by atoms with Gasteiger partial charge < -0.3 is 14.2 Å². The quantitative estimate of drug-likeness (QED) is 0.851. The van der Waals surface area contributed by atoms with Gasteiger partial charge in [0.2, 0.25) is 0 Å². The summed E-state index contributed by atoms with van der Waals surface area (Å²) in [6.45, 7) is 8.78. The predicted molar refractivity (Wildman–Crippen MR) is 87.7 cm³/mol. The molecular formula is C17H22N4O2. The van der Waals surface area contributed by atoms with Crippen LogP contribution in [-0.2, 0) is 0 Å². The summed E-state index contributed by atoms with van der Waals surface area (Å²) in [5.74, 6) is 2.47. The molecule has 0 spiro atoms.